The minimum Gasteiger partial charge on any atom is -0.325 e. The Morgan fingerprint density at radius 2 is 1.38 bits per heavy atom. The smallest absolute Gasteiger partial charge is 0.240 e. The van der Waals surface area contributed by atoms with Crippen LogP contribution >= 0.6 is 15.9 Å². The molecule has 0 bridgehead atoms. The predicted octanol–water partition coefficient (Wildman–Crippen LogP) is 4.42. The van der Waals surface area contributed by atoms with Gasteiger partial charge < -0.3 is 10.6 Å². The van der Waals surface area contributed by atoms with Crippen molar-refractivity contribution >= 4 is 39.1 Å². The molecule has 3 rings (SSSR count). The van der Waals surface area contributed by atoms with Gasteiger partial charge in [-0.15, -0.1) is 0 Å². The van der Waals surface area contributed by atoms with E-state index in [2.05, 4.69) is 26.6 Å². The molecule has 2 aromatic carbocycles. The Kier molecular flexibility index (Phi) is 4.45. The van der Waals surface area contributed by atoms with Crippen LogP contribution in [-0.2, 0) is 9.59 Å². The predicted molar refractivity (Wildman–Crippen MR) is 99.0 cm³/mol. The molecule has 4 nitrogen and oxygen atoms in total. The summed E-state index contributed by atoms with van der Waals surface area (Å²) in [5.74, 6) is -0.478. The molecule has 1 fully saturated rings. The van der Waals surface area contributed by atoms with E-state index in [9.17, 15) is 9.59 Å². The Morgan fingerprint density at radius 3 is 1.88 bits per heavy atom. The highest BCUT2D eigenvalue weighted by atomic mass is 79.9. The second-order valence-electron chi connectivity index (χ2n) is 6.37. The van der Waals surface area contributed by atoms with Gasteiger partial charge in [0.15, 0.2) is 0 Å². The van der Waals surface area contributed by atoms with Crippen molar-refractivity contribution in [2.75, 3.05) is 10.6 Å². The number of hydrogen-bond donors (Lipinski definition) is 2. The first-order valence-corrected chi connectivity index (χ1v) is 8.65. The summed E-state index contributed by atoms with van der Waals surface area (Å²) in [7, 11) is 0. The number of hydrogen-bond acceptors (Lipinski definition) is 2. The zero-order valence-electron chi connectivity index (χ0n) is 13.7. The number of anilines is 2. The van der Waals surface area contributed by atoms with E-state index in [-0.39, 0.29) is 11.8 Å². The van der Waals surface area contributed by atoms with Crippen LogP contribution < -0.4 is 10.6 Å². The van der Waals surface area contributed by atoms with Crippen molar-refractivity contribution in [3.05, 3.63) is 58.1 Å². The highest BCUT2D eigenvalue weighted by Gasteiger charge is 2.56. The first-order valence-electron chi connectivity index (χ1n) is 7.86. The molecule has 0 atom stereocenters. The molecule has 1 aliphatic rings. The summed E-state index contributed by atoms with van der Waals surface area (Å²) in [6.07, 6.45) is 1.15. The quantitative estimate of drug-likeness (QED) is 0.763. The van der Waals surface area contributed by atoms with Crippen molar-refractivity contribution in [3.63, 3.8) is 0 Å². The van der Waals surface area contributed by atoms with Gasteiger partial charge in [0.25, 0.3) is 0 Å². The van der Waals surface area contributed by atoms with Crippen LogP contribution in [0.1, 0.15) is 24.0 Å². The van der Waals surface area contributed by atoms with E-state index in [0.29, 0.717) is 18.5 Å². The average molecular weight is 387 g/mol. The molecule has 5 heteroatoms. The van der Waals surface area contributed by atoms with Gasteiger partial charge in [0.1, 0.15) is 5.41 Å². The van der Waals surface area contributed by atoms with Crippen molar-refractivity contribution in [1.82, 2.24) is 0 Å². The molecule has 1 saturated carbocycles. The zero-order chi connectivity index (χ0) is 17.3. The third kappa shape index (κ3) is 3.51. The first-order chi connectivity index (χ1) is 11.4. The highest BCUT2D eigenvalue weighted by Crippen LogP contribution is 2.47. The van der Waals surface area contributed by atoms with E-state index in [0.717, 1.165) is 21.3 Å². The Morgan fingerprint density at radius 1 is 0.875 bits per heavy atom. The van der Waals surface area contributed by atoms with E-state index in [4.69, 9.17) is 0 Å². The second kappa shape index (κ2) is 6.40. The molecule has 2 N–H and O–H groups in total. The lowest BCUT2D eigenvalue weighted by Gasteiger charge is -2.16. The molecule has 0 saturated heterocycles. The standard InChI is InChI=1S/C19H19BrN2O2/c1-12-9-13(2)11-16(10-12)22-18(24)19(7-8-19)17(23)21-15-5-3-14(20)4-6-15/h3-6,9-11H,7-8H2,1-2H3,(H,21,23)(H,22,24). The number of carbonyl (C=O) groups is 2. The summed E-state index contributed by atoms with van der Waals surface area (Å²) in [6, 6.07) is 13.2. The molecule has 0 aliphatic heterocycles. The van der Waals surface area contributed by atoms with Crippen LogP contribution in [-0.4, -0.2) is 11.8 Å². The fourth-order valence-corrected chi connectivity index (χ4v) is 3.03. The normalized spacial score (nSPS) is 14.8. The van der Waals surface area contributed by atoms with Gasteiger partial charge in [-0.25, -0.2) is 0 Å². The van der Waals surface area contributed by atoms with Gasteiger partial charge in [0.05, 0.1) is 0 Å². The van der Waals surface area contributed by atoms with Gasteiger partial charge >= 0.3 is 0 Å². The third-order valence-electron chi connectivity index (χ3n) is 4.20. The van der Waals surface area contributed by atoms with Crippen LogP contribution in [0.15, 0.2) is 46.9 Å². The van der Waals surface area contributed by atoms with Crippen LogP contribution in [0.2, 0.25) is 0 Å². The van der Waals surface area contributed by atoms with Gasteiger partial charge in [0.2, 0.25) is 11.8 Å². The van der Waals surface area contributed by atoms with Gasteiger partial charge in [-0.2, -0.15) is 0 Å². The number of benzene rings is 2. The summed E-state index contributed by atoms with van der Waals surface area (Å²) in [6.45, 7) is 3.96. The molecule has 0 spiro atoms. The molecule has 2 amide bonds. The topological polar surface area (TPSA) is 58.2 Å². The number of halogens is 1. The SMILES string of the molecule is Cc1cc(C)cc(NC(=O)C2(C(=O)Nc3ccc(Br)cc3)CC2)c1. The molecule has 2 aromatic rings. The Labute approximate surface area is 149 Å². The molecule has 124 valence electrons. The van der Waals surface area contributed by atoms with Gasteiger partial charge in [-0.1, -0.05) is 22.0 Å². The van der Waals surface area contributed by atoms with Crippen molar-refractivity contribution in [1.29, 1.82) is 0 Å². The molecular weight excluding hydrogens is 368 g/mol. The monoisotopic (exact) mass is 386 g/mol. The molecule has 0 radical (unpaired) electrons. The lowest BCUT2D eigenvalue weighted by molar-refractivity contribution is -0.131. The molecule has 0 aromatic heterocycles. The zero-order valence-corrected chi connectivity index (χ0v) is 15.2. The van der Waals surface area contributed by atoms with Crippen molar-refractivity contribution in [2.24, 2.45) is 5.41 Å². The van der Waals surface area contributed by atoms with Gasteiger partial charge in [0, 0.05) is 15.8 Å². The maximum absolute atomic E-state index is 12.6. The van der Waals surface area contributed by atoms with Crippen LogP contribution in [0.5, 0.6) is 0 Å². The summed E-state index contributed by atoms with van der Waals surface area (Å²) in [5.41, 5.74) is 2.63. The highest BCUT2D eigenvalue weighted by molar-refractivity contribution is 9.10. The van der Waals surface area contributed by atoms with E-state index < -0.39 is 5.41 Å². The first kappa shape index (κ1) is 16.7. The summed E-state index contributed by atoms with van der Waals surface area (Å²) >= 11 is 3.36. The van der Waals surface area contributed by atoms with Crippen molar-refractivity contribution < 1.29 is 9.59 Å². The molecule has 0 heterocycles. The average Bonchev–Trinajstić information content (AvgIpc) is 3.30. The number of rotatable bonds is 4. The fraction of sp³-hybridized carbons (Fsp3) is 0.263. The van der Waals surface area contributed by atoms with E-state index >= 15 is 0 Å². The lowest BCUT2D eigenvalue weighted by atomic mass is 10.0. The Hall–Kier alpha value is -2.14. The van der Waals surface area contributed by atoms with Gasteiger partial charge in [-0.3, -0.25) is 9.59 Å². The van der Waals surface area contributed by atoms with Crippen molar-refractivity contribution in [3.8, 4) is 0 Å². The second-order valence-corrected chi connectivity index (χ2v) is 7.29. The van der Waals surface area contributed by atoms with Crippen LogP contribution in [0.25, 0.3) is 0 Å². The Bertz CT molecular complexity index is 775. The van der Waals surface area contributed by atoms with E-state index in [1.807, 2.05) is 44.2 Å². The molecule has 1 aliphatic carbocycles. The summed E-state index contributed by atoms with van der Waals surface area (Å²) < 4.78 is 0.939. The minimum atomic E-state index is -0.954. The van der Waals surface area contributed by atoms with Gasteiger partial charge in [-0.05, 0) is 74.2 Å². The molecule has 0 unspecified atom stereocenters. The van der Waals surface area contributed by atoms with E-state index in [1.165, 1.54) is 0 Å². The van der Waals surface area contributed by atoms with Crippen molar-refractivity contribution in [2.45, 2.75) is 26.7 Å². The Balaban J connectivity index is 1.71. The number of carbonyl (C=O) groups excluding carboxylic acids is 2. The number of nitrogens with one attached hydrogen (secondary N) is 2. The summed E-state index contributed by atoms with van der Waals surface area (Å²) in [4.78, 5) is 25.2. The lowest BCUT2D eigenvalue weighted by Crippen LogP contribution is -2.35. The van der Waals surface area contributed by atoms with E-state index in [1.54, 1.807) is 12.1 Å². The maximum Gasteiger partial charge on any atom is 0.240 e. The fourth-order valence-electron chi connectivity index (χ4n) is 2.76. The number of amides is 2. The number of aryl methyl sites for hydroxylation is 2. The largest absolute Gasteiger partial charge is 0.325 e. The molecular formula is C19H19BrN2O2. The van der Waals surface area contributed by atoms with Crippen LogP contribution in [0.4, 0.5) is 11.4 Å². The maximum atomic E-state index is 12.6. The third-order valence-corrected chi connectivity index (χ3v) is 4.73. The van der Waals surface area contributed by atoms with Crippen LogP contribution in [0.3, 0.4) is 0 Å². The van der Waals surface area contributed by atoms with Crippen LogP contribution in [0, 0.1) is 19.3 Å². The summed E-state index contributed by atoms with van der Waals surface area (Å²) in [5, 5.41) is 5.74. The minimum absolute atomic E-state index is 0.234. The molecule has 24 heavy (non-hydrogen) atoms.